The standard InChI is InChI=1S/C17H23FN2O2S/c1-13(23-2)17(22)20-8-4-7-19(9-10-20)16(21)12-14-5-3-6-15(18)11-14/h3,5-6,11,13H,4,7-10,12H2,1-2H3/t13-/m0/s1. The zero-order valence-electron chi connectivity index (χ0n) is 13.6. The number of nitrogens with zero attached hydrogens (tertiary/aromatic N) is 2. The summed E-state index contributed by atoms with van der Waals surface area (Å²) in [6.45, 7) is 4.35. The van der Waals surface area contributed by atoms with Gasteiger partial charge in [0.2, 0.25) is 11.8 Å². The van der Waals surface area contributed by atoms with Gasteiger partial charge in [-0.1, -0.05) is 12.1 Å². The quantitative estimate of drug-likeness (QED) is 0.845. The minimum Gasteiger partial charge on any atom is -0.341 e. The molecule has 1 aliphatic rings. The van der Waals surface area contributed by atoms with Gasteiger partial charge in [-0.3, -0.25) is 9.59 Å². The molecule has 1 fully saturated rings. The number of rotatable bonds is 4. The van der Waals surface area contributed by atoms with Gasteiger partial charge >= 0.3 is 0 Å². The molecule has 0 aliphatic carbocycles. The maximum Gasteiger partial charge on any atom is 0.235 e. The van der Waals surface area contributed by atoms with E-state index in [2.05, 4.69) is 0 Å². The number of benzene rings is 1. The van der Waals surface area contributed by atoms with Crippen LogP contribution in [-0.2, 0) is 16.0 Å². The van der Waals surface area contributed by atoms with Crippen LogP contribution in [0.15, 0.2) is 24.3 Å². The largest absolute Gasteiger partial charge is 0.341 e. The Hall–Kier alpha value is -1.56. The number of hydrogen-bond acceptors (Lipinski definition) is 3. The maximum absolute atomic E-state index is 13.2. The lowest BCUT2D eigenvalue weighted by atomic mass is 10.1. The molecule has 23 heavy (non-hydrogen) atoms. The van der Waals surface area contributed by atoms with Crippen molar-refractivity contribution in [3.05, 3.63) is 35.6 Å². The molecule has 0 N–H and O–H groups in total. The van der Waals surface area contributed by atoms with Crippen LogP contribution in [0.1, 0.15) is 18.9 Å². The Bertz CT molecular complexity index is 567. The molecule has 0 bridgehead atoms. The predicted octanol–water partition coefficient (Wildman–Crippen LogP) is 2.18. The van der Waals surface area contributed by atoms with Crippen LogP contribution in [-0.4, -0.2) is 59.3 Å². The normalized spacial score (nSPS) is 16.8. The first-order valence-corrected chi connectivity index (χ1v) is 9.14. The number of thioether (sulfide) groups is 1. The summed E-state index contributed by atoms with van der Waals surface area (Å²) in [7, 11) is 0. The van der Waals surface area contributed by atoms with E-state index in [1.165, 1.54) is 23.9 Å². The van der Waals surface area contributed by atoms with Crippen LogP contribution in [0.3, 0.4) is 0 Å². The number of hydrogen-bond donors (Lipinski definition) is 0. The fraction of sp³-hybridized carbons (Fsp3) is 0.529. The molecule has 0 aromatic heterocycles. The Morgan fingerprint density at radius 1 is 1.22 bits per heavy atom. The maximum atomic E-state index is 13.2. The summed E-state index contributed by atoms with van der Waals surface area (Å²) in [6.07, 6.45) is 2.91. The summed E-state index contributed by atoms with van der Waals surface area (Å²) in [5, 5.41) is -0.0513. The molecular weight excluding hydrogens is 315 g/mol. The van der Waals surface area contributed by atoms with Gasteiger partial charge in [0, 0.05) is 26.2 Å². The Morgan fingerprint density at radius 3 is 2.61 bits per heavy atom. The molecule has 1 saturated heterocycles. The molecule has 1 heterocycles. The molecule has 2 amide bonds. The van der Waals surface area contributed by atoms with Gasteiger partial charge in [0.15, 0.2) is 0 Å². The van der Waals surface area contributed by atoms with Crippen molar-refractivity contribution in [1.82, 2.24) is 9.80 Å². The summed E-state index contributed by atoms with van der Waals surface area (Å²) in [6, 6.07) is 6.14. The molecule has 6 heteroatoms. The molecule has 1 aromatic carbocycles. The molecule has 1 atom stereocenters. The molecule has 0 spiro atoms. The van der Waals surface area contributed by atoms with E-state index in [1.807, 2.05) is 18.1 Å². The third-order valence-corrected chi connectivity index (χ3v) is 5.01. The van der Waals surface area contributed by atoms with Gasteiger partial charge < -0.3 is 9.80 Å². The molecule has 0 saturated carbocycles. The Balaban J connectivity index is 1.92. The SMILES string of the molecule is CS[C@@H](C)C(=O)N1CCCN(C(=O)Cc2cccc(F)c2)CC1. The van der Waals surface area contributed by atoms with E-state index in [0.29, 0.717) is 31.7 Å². The first-order valence-electron chi connectivity index (χ1n) is 7.85. The van der Waals surface area contributed by atoms with Crippen molar-refractivity contribution >= 4 is 23.6 Å². The van der Waals surface area contributed by atoms with Crippen LogP contribution < -0.4 is 0 Å². The van der Waals surface area contributed by atoms with Gasteiger partial charge in [0.25, 0.3) is 0 Å². The number of carbonyl (C=O) groups is 2. The molecule has 1 aliphatic heterocycles. The van der Waals surface area contributed by atoms with E-state index in [1.54, 1.807) is 17.0 Å². The average Bonchev–Trinajstić information content (AvgIpc) is 2.79. The predicted molar refractivity (Wildman–Crippen MR) is 90.9 cm³/mol. The Morgan fingerprint density at radius 2 is 1.91 bits per heavy atom. The molecule has 2 rings (SSSR count). The summed E-state index contributed by atoms with van der Waals surface area (Å²) in [5.74, 6) is -0.200. The van der Waals surface area contributed by atoms with Crippen molar-refractivity contribution in [1.29, 1.82) is 0 Å². The monoisotopic (exact) mass is 338 g/mol. The fourth-order valence-electron chi connectivity index (χ4n) is 2.68. The van der Waals surface area contributed by atoms with Gasteiger partial charge in [-0.05, 0) is 37.3 Å². The van der Waals surface area contributed by atoms with Crippen LogP contribution in [0.2, 0.25) is 0 Å². The van der Waals surface area contributed by atoms with E-state index in [9.17, 15) is 14.0 Å². The number of amides is 2. The van der Waals surface area contributed by atoms with Gasteiger partial charge in [-0.2, -0.15) is 11.8 Å². The summed E-state index contributed by atoms with van der Waals surface area (Å²) in [4.78, 5) is 28.3. The van der Waals surface area contributed by atoms with E-state index in [0.717, 1.165) is 6.42 Å². The molecule has 126 valence electrons. The fourth-order valence-corrected chi connectivity index (χ4v) is 3.03. The van der Waals surface area contributed by atoms with Crippen molar-refractivity contribution in [2.24, 2.45) is 0 Å². The van der Waals surface area contributed by atoms with E-state index >= 15 is 0 Å². The molecule has 1 aromatic rings. The van der Waals surface area contributed by atoms with E-state index in [4.69, 9.17) is 0 Å². The van der Waals surface area contributed by atoms with Gasteiger partial charge in [0.1, 0.15) is 5.82 Å². The lowest BCUT2D eigenvalue weighted by Gasteiger charge is -2.24. The van der Waals surface area contributed by atoms with Crippen LogP contribution in [0.4, 0.5) is 4.39 Å². The second kappa shape index (κ2) is 8.34. The van der Waals surface area contributed by atoms with Crippen molar-refractivity contribution in [3.63, 3.8) is 0 Å². The van der Waals surface area contributed by atoms with Crippen molar-refractivity contribution in [3.8, 4) is 0 Å². The van der Waals surface area contributed by atoms with Crippen LogP contribution in [0.5, 0.6) is 0 Å². The van der Waals surface area contributed by atoms with E-state index in [-0.39, 0.29) is 29.3 Å². The Kier molecular flexibility index (Phi) is 6.45. The number of carbonyl (C=O) groups excluding carboxylic acids is 2. The minimum absolute atomic E-state index is 0.0113. The van der Waals surface area contributed by atoms with Crippen molar-refractivity contribution in [2.45, 2.75) is 25.0 Å². The Labute approximate surface area is 141 Å². The second-order valence-electron chi connectivity index (χ2n) is 5.74. The highest BCUT2D eigenvalue weighted by atomic mass is 32.2. The summed E-state index contributed by atoms with van der Waals surface area (Å²) < 4.78 is 13.2. The van der Waals surface area contributed by atoms with Crippen LogP contribution in [0, 0.1) is 5.82 Å². The van der Waals surface area contributed by atoms with Crippen LogP contribution >= 0.6 is 11.8 Å². The lowest BCUT2D eigenvalue weighted by molar-refractivity contribution is -0.132. The minimum atomic E-state index is -0.325. The van der Waals surface area contributed by atoms with E-state index < -0.39 is 0 Å². The highest BCUT2D eigenvalue weighted by molar-refractivity contribution is 7.99. The first kappa shape index (κ1) is 17.8. The smallest absolute Gasteiger partial charge is 0.235 e. The van der Waals surface area contributed by atoms with Gasteiger partial charge in [-0.15, -0.1) is 0 Å². The lowest BCUT2D eigenvalue weighted by Crippen LogP contribution is -2.40. The van der Waals surface area contributed by atoms with Crippen LogP contribution in [0.25, 0.3) is 0 Å². The van der Waals surface area contributed by atoms with Gasteiger partial charge in [0.05, 0.1) is 11.7 Å². The first-order chi connectivity index (χ1) is 11.0. The highest BCUT2D eigenvalue weighted by Gasteiger charge is 2.24. The second-order valence-corrected chi connectivity index (χ2v) is 6.92. The molecular formula is C17H23FN2O2S. The average molecular weight is 338 g/mol. The highest BCUT2D eigenvalue weighted by Crippen LogP contribution is 2.13. The zero-order valence-corrected chi connectivity index (χ0v) is 14.4. The molecule has 0 radical (unpaired) electrons. The van der Waals surface area contributed by atoms with Crippen molar-refractivity contribution < 1.29 is 14.0 Å². The third-order valence-electron chi connectivity index (χ3n) is 4.11. The topological polar surface area (TPSA) is 40.6 Å². The number of halogens is 1. The van der Waals surface area contributed by atoms with Gasteiger partial charge in [-0.25, -0.2) is 4.39 Å². The third kappa shape index (κ3) is 4.96. The summed E-state index contributed by atoms with van der Waals surface area (Å²) in [5.41, 5.74) is 0.684. The molecule has 0 unspecified atom stereocenters. The zero-order chi connectivity index (χ0) is 16.8. The van der Waals surface area contributed by atoms with Crippen molar-refractivity contribution in [2.75, 3.05) is 32.4 Å². The summed E-state index contributed by atoms with van der Waals surface area (Å²) >= 11 is 1.54. The molecule has 4 nitrogen and oxygen atoms in total.